The molecule has 0 bridgehead atoms. The highest BCUT2D eigenvalue weighted by molar-refractivity contribution is 6.86. The Kier molecular flexibility index (Phi) is 59.8. The Morgan fingerprint density at radius 3 is 1.06 bits per heavy atom. The van der Waals surface area contributed by atoms with Gasteiger partial charge in [0.2, 0.25) is 0 Å². The van der Waals surface area contributed by atoms with Crippen LogP contribution < -0.4 is 0 Å². The highest BCUT2D eigenvalue weighted by atomic mass is 28.5. The maximum Gasteiger partial charge on any atom is 0.315 e. The van der Waals surface area contributed by atoms with Crippen molar-refractivity contribution in [2.75, 3.05) is 59.5 Å². The molecule has 542 valence electrons. The Balaban J connectivity index is 0.00000622. The van der Waals surface area contributed by atoms with E-state index in [4.69, 9.17) is 82.9 Å². The van der Waals surface area contributed by atoms with Gasteiger partial charge < -0.3 is 82.9 Å². The second-order valence-electron chi connectivity index (χ2n) is 23.8. The molecule has 6 heterocycles. The summed E-state index contributed by atoms with van der Waals surface area (Å²) in [5, 5.41) is 0. The van der Waals surface area contributed by atoms with E-state index in [-0.39, 0.29) is 18.3 Å². The van der Waals surface area contributed by atoms with Crippen molar-refractivity contribution in [3.8, 4) is 0 Å². The zero-order valence-electron chi connectivity index (χ0n) is 61.9. The van der Waals surface area contributed by atoms with E-state index < -0.39 is 139 Å². The molecule has 0 aromatic rings. The van der Waals surface area contributed by atoms with E-state index >= 15 is 0 Å². The molecule has 6 saturated heterocycles. The summed E-state index contributed by atoms with van der Waals surface area (Å²) in [6.07, 6.45) is 7.77. The predicted octanol–water partition coefficient (Wildman–Crippen LogP) is 8.32. The molecule has 19 nitrogen and oxygen atoms in total. The van der Waals surface area contributed by atoms with Crippen LogP contribution in [-0.4, -0.2) is 235 Å². The van der Waals surface area contributed by atoms with E-state index in [1.54, 1.807) is 0 Å². The Morgan fingerprint density at radius 1 is 0.400 bits per heavy atom. The van der Waals surface area contributed by atoms with Crippen molar-refractivity contribution in [2.45, 2.75) is 303 Å². The molecule has 0 N–H and O–H groups in total. The molecular weight excluding hydrogens is 1400 g/mol. The van der Waals surface area contributed by atoms with E-state index in [1.165, 1.54) is 0 Å². The molecule has 0 radical (unpaired) electrons. The summed E-state index contributed by atoms with van der Waals surface area (Å²) in [5.74, 6) is 0. The lowest BCUT2D eigenvalue weighted by molar-refractivity contribution is 0.113. The minimum absolute atomic E-state index is 0.136. The summed E-state index contributed by atoms with van der Waals surface area (Å²) in [6, 6.07) is 14.5. The Morgan fingerprint density at radius 2 is 0.711 bits per heavy atom. The molecule has 15 atom stereocenters. The minimum Gasteiger partial charge on any atom is -0.446 e. The van der Waals surface area contributed by atoms with Gasteiger partial charge in [0, 0.05) is 38.1 Å². The van der Waals surface area contributed by atoms with Crippen LogP contribution in [0.4, 0.5) is 0 Å². The van der Waals surface area contributed by atoms with Crippen LogP contribution in [0.5, 0.6) is 0 Å². The Hall–Kier alpha value is 2.49. The maximum absolute atomic E-state index is 7.45. The summed E-state index contributed by atoms with van der Waals surface area (Å²) in [5.41, 5.74) is 0. The monoisotopic (exact) mass is 1540 g/mol. The van der Waals surface area contributed by atoms with Gasteiger partial charge in [-0.1, -0.05) is 83.1 Å². The topological polar surface area (TPSA) is 185 Å². The smallest absolute Gasteiger partial charge is 0.315 e. The number of rotatable bonds is 41. The van der Waals surface area contributed by atoms with Gasteiger partial charge in [0.05, 0.1) is 39.6 Å². The van der Waals surface area contributed by atoms with Crippen LogP contribution in [0, 0.1) is 0 Å². The van der Waals surface area contributed by atoms with Gasteiger partial charge in [-0.25, -0.2) is 0 Å². The van der Waals surface area contributed by atoms with Crippen molar-refractivity contribution in [2.24, 2.45) is 0 Å². The first-order valence-corrected chi connectivity index (χ1v) is 65.7. The van der Waals surface area contributed by atoms with E-state index in [0.29, 0.717) is 24.9 Å². The van der Waals surface area contributed by atoms with Gasteiger partial charge in [-0.05, 0) is 183 Å². The van der Waals surface area contributed by atoms with E-state index in [9.17, 15) is 0 Å². The molecule has 15 unspecified atom stereocenters. The van der Waals surface area contributed by atoms with Gasteiger partial charge in [-0.2, -0.15) is 0 Å². The molecule has 0 aromatic heterocycles. The van der Waals surface area contributed by atoms with Crippen molar-refractivity contribution in [3.05, 3.63) is 0 Å². The molecule has 90 heavy (non-hydrogen) atoms. The third kappa shape index (κ3) is 48.3. The largest absolute Gasteiger partial charge is 0.446 e. The van der Waals surface area contributed by atoms with Crippen molar-refractivity contribution in [1.29, 1.82) is 0 Å². The lowest BCUT2D eigenvalue weighted by atomic mass is 10.3. The van der Waals surface area contributed by atoms with Crippen LogP contribution in [0.1, 0.15) is 142 Å². The number of hydrogen-bond acceptors (Lipinski definition) is 19. The van der Waals surface area contributed by atoms with Gasteiger partial charge in [-0.15, -0.1) is 0 Å². The molecule has 6 aliphatic rings. The second-order valence-corrected chi connectivity index (χ2v) is 62.2. The quantitative estimate of drug-likeness (QED) is 0.0323. The SMILES string of the molecule is CC.CC.CC.CC.CC.CC.CC1C[SiH](C)O[Si](C)(CCCCOCC2CO2)O[SiH](CC[SiH2]O[SiH2]O[SiH2]CC[SiH]2OC(C)C[Si](C)(CC[SiH2]O[SiH2]O[SiH2]CC[SiH]3OC(C)C[SiH](C)O[Si](C)(CCCCOCC4CO4)O3)O[Si](C)(CCCCOCC3CO3)O2)O1. The second kappa shape index (κ2) is 58.2. The lowest BCUT2D eigenvalue weighted by Crippen LogP contribution is -2.57. The first kappa shape index (κ1) is 92.5. The van der Waals surface area contributed by atoms with E-state index in [1.807, 2.05) is 83.1 Å². The van der Waals surface area contributed by atoms with Gasteiger partial charge in [0.15, 0.2) is 26.4 Å². The number of unbranched alkanes of at least 4 members (excludes halogenated alkanes) is 3. The third-order valence-corrected chi connectivity index (χ3v) is 62.3. The van der Waals surface area contributed by atoms with Crippen molar-refractivity contribution >= 4 is 139 Å². The van der Waals surface area contributed by atoms with Crippen LogP contribution in [0.3, 0.4) is 0 Å². The number of ether oxygens (including phenoxy) is 6. The molecule has 0 aliphatic carbocycles. The van der Waals surface area contributed by atoms with E-state index in [2.05, 4.69) is 60.1 Å². The van der Waals surface area contributed by atoms with Crippen molar-refractivity contribution < 1.29 is 82.9 Å². The summed E-state index contributed by atoms with van der Waals surface area (Å²) in [6.45, 7) is 51.5. The average Bonchev–Trinajstić information content (AvgIpc) is 1.93. The predicted molar refractivity (Wildman–Crippen MR) is 412 cm³/mol. The highest BCUT2D eigenvalue weighted by Gasteiger charge is 2.47. The van der Waals surface area contributed by atoms with Gasteiger partial charge in [0.25, 0.3) is 20.0 Å². The first-order valence-electron chi connectivity index (χ1n) is 36.5. The molecule has 0 amide bonds. The molecule has 0 spiro atoms. The standard InChI is InChI=1S/C44H108O19Si15.6C2H6/c1-39-36-70(4)58-76(7,26-13-10-16-45-30-42-33-48-42)60-72(51-39)23-19-64-54-68-55-66-21-25-74-53-41(3)38-75(6,63-78(9,62-74)28-15-12-18-47-32-44-35-50-44)29-22-67-57-69-56-65-20-24-73-52-40(2)37-71(5)59-77(8,61-73)27-14-11-17-46-31-43-34-49-43;6*1-2/h39-44,70-74H,10-38,64-69H2,1-9H3;6*1-2H3. The van der Waals surface area contributed by atoms with E-state index in [0.717, 1.165) is 176 Å². The highest BCUT2D eigenvalue weighted by Crippen LogP contribution is 2.35. The molecule has 0 saturated carbocycles. The maximum atomic E-state index is 7.45. The van der Waals surface area contributed by atoms with Crippen LogP contribution >= 0.6 is 0 Å². The van der Waals surface area contributed by atoms with Crippen LogP contribution in [0.2, 0.25) is 124 Å². The number of hydrogen-bond donors (Lipinski definition) is 0. The fourth-order valence-electron chi connectivity index (χ4n) is 10.9. The molecule has 6 fully saturated rings. The fourth-order valence-corrected chi connectivity index (χ4v) is 64.0. The van der Waals surface area contributed by atoms with Crippen molar-refractivity contribution in [1.82, 2.24) is 0 Å². The molecule has 6 rings (SSSR count). The fraction of sp³-hybridized carbons (Fsp3) is 1.00. The van der Waals surface area contributed by atoms with Crippen LogP contribution in [0.25, 0.3) is 0 Å². The Bertz CT molecular complexity index is 1620. The van der Waals surface area contributed by atoms with Crippen LogP contribution in [-0.2, 0) is 82.9 Å². The zero-order chi connectivity index (χ0) is 67.5. The summed E-state index contributed by atoms with van der Waals surface area (Å²) >= 11 is 0. The van der Waals surface area contributed by atoms with Gasteiger partial charge in [0.1, 0.15) is 57.4 Å². The Labute approximate surface area is 580 Å². The van der Waals surface area contributed by atoms with Gasteiger partial charge >= 0.3 is 53.5 Å². The van der Waals surface area contributed by atoms with Crippen LogP contribution in [0.15, 0.2) is 0 Å². The first-order chi connectivity index (χ1) is 43.6. The van der Waals surface area contributed by atoms with Gasteiger partial charge in [-0.3, -0.25) is 0 Å². The lowest BCUT2D eigenvalue weighted by Gasteiger charge is -2.44. The molecule has 0 aromatic carbocycles. The molecular formula is C56H144O19Si15. The molecule has 34 heteroatoms. The molecule has 6 aliphatic heterocycles. The summed E-state index contributed by atoms with van der Waals surface area (Å²) in [7, 11) is -22.2. The van der Waals surface area contributed by atoms with Crippen molar-refractivity contribution in [3.63, 3.8) is 0 Å². The average molecular weight is 1540 g/mol. The summed E-state index contributed by atoms with van der Waals surface area (Å²) in [4.78, 5) is 0. The zero-order valence-corrected chi connectivity index (χ0v) is 80.1. The number of epoxide rings is 3. The third-order valence-electron chi connectivity index (χ3n) is 14.8. The normalized spacial score (nSPS) is 32.8. The minimum atomic E-state index is -2.51. The summed E-state index contributed by atoms with van der Waals surface area (Å²) < 4.78 is 121.